The topological polar surface area (TPSA) is 66.5 Å². The summed E-state index contributed by atoms with van der Waals surface area (Å²) in [5.41, 5.74) is 0.311. The number of halogens is 1. The van der Waals surface area contributed by atoms with E-state index in [1.165, 1.54) is 24.3 Å². The molecule has 2 fully saturated rings. The number of benzene rings is 1. The van der Waals surface area contributed by atoms with Crippen LogP contribution in [0.25, 0.3) is 0 Å². The summed E-state index contributed by atoms with van der Waals surface area (Å²) < 4.78 is 24.7. The fourth-order valence-corrected chi connectivity index (χ4v) is 4.78. The van der Waals surface area contributed by atoms with Gasteiger partial charge < -0.3 is 10.2 Å². The average Bonchev–Trinajstić information content (AvgIpc) is 2.96. The van der Waals surface area contributed by atoms with Gasteiger partial charge in [0.1, 0.15) is 5.75 Å². The first-order valence-corrected chi connectivity index (χ1v) is 9.90. The van der Waals surface area contributed by atoms with E-state index >= 15 is 0 Å². The molecule has 2 aliphatic heterocycles. The Hall–Kier alpha value is -1.11. The van der Waals surface area contributed by atoms with Crippen LogP contribution in [0.2, 0.25) is 5.02 Å². The van der Waals surface area contributed by atoms with E-state index in [4.69, 9.17) is 11.6 Å². The standard InChI is InChI=1S/C16H21ClN2O3S/c17-13-1-3-14(4-2-13)23(21,22)11-15(20)19-9-6-16(7-10-19)5-8-18-12-16/h1-4,18H,5-12H2. The van der Waals surface area contributed by atoms with Gasteiger partial charge in [0.15, 0.2) is 9.84 Å². The van der Waals surface area contributed by atoms with E-state index < -0.39 is 15.6 Å². The second-order valence-electron chi connectivity index (χ2n) is 6.52. The summed E-state index contributed by atoms with van der Waals surface area (Å²) in [7, 11) is -3.62. The number of amides is 1. The minimum Gasteiger partial charge on any atom is -0.342 e. The molecule has 126 valence electrons. The first kappa shape index (κ1) is 16.7. The zero-order chi connectivity index (χ0) is 16.5. The fourth-order valence-electron chi connectivity index (χ4n) is 3.43. The zero-order valence-corrected chi connectivity index (χ0v) is 14.5. The van der Waals surface area contributed by atoms with Crippen LogP contribution in [0.15, 0.2) is 29.2 Å². The minimum atomic E-state index is -3.62. The Morgan fingerprint density at radius 2 is 1.83 bits per heavy atom. The number of piperidine rings is 1. The van der Waals surface area contributed by atoms with Crippen LogP contribution in [0, 0.1) is 5.41 Å². The van der Waals surface area contributed by atoms with E-state index in [-0.39, 0.29) is 10.8 Å². The molecule has 0 saturated carbocycles. The quantitative estimate of drug-likeness (QED) is 0.895. The van der Waals surface area contributed by atoms with Crippen LogP contribution in [0.5, 0.6) is 0 Å². The average molecular weight is 357 g/mol. The van der Waals surface area contributed by atoms with Gasteiger partial charge >= 0.3 is 0 Å². The number of nitrogens with one attached hydrogen (secondary N) is 1. The third kappa shape index (κ3) is 3.70. The molecule has 0 bridgehead atoms. The maximum Gasteiger partial charge on any atom is 0.238 e. The van der Waals surface area contributed by atoms with Crippen molar-refractivity contribution in [3.05, 3.63) is 29.3 Å². The normalized spacial score (nSPS) is 20.8. The molecule has 0 aliphatic carbocycles. The van der Waals surface area contributed by atoms with Crippen LogP contribution in [-0.4, -0.2) is 51.2 Å². The van der Waals surface area contributed by atoms with Gasteiger partial charge in [-0.15, -0.1) is 0 Å². The van der Waals surface area contributed by atoms with Gasteiger partial charge in [0.2, 0.25) is 5.91 Å². The number of hydrogen-bond donors (Lipinski definition) is 1. The van der Waals surface area contributed by atoms with Crippen LogP contribution < -0.4 is 5.32 Å². The molecule has 0 aromatic heterocycles. The van der Waals surface area contributed by atoms with Gasteiger partial charge in [-0.25, -0.2) is 8.42 Å². The predicted molar refractivity (Wildman–Crippen MR) is 89.2 cm³/mol. The summed E-state index contributed by atoms with van der Waals surface area (Å²) in [5.74, 6) is -0.777. The van der Waals surface area contributed by atoms with Crippen molar-refractivity contribution in [2.24, 2.45) is 5.41 Å². The molecule has 1 N–H and O–H groups in total. The molecule has 2 saturated heterocycles. The maximum atomic E-state index is 12.4. The third-order valence-corrected chi connectivity index (χ3v) is 6.86. The monoisotopic (exact) mass is 356 g/mol. The summed E-state index contributed by atoms with van der Waals surface area (Å²) in [4.78, 5) is 14.2. The molecule has 1 aromatic rings. The summed E-state index contributed by atoms with van der Waals surface area (Å²) in [6, 6.07) is 5.94. The second-order valence-corrected chi connectivity index (χ2v) is 8.95. The smallest absolute Gasteiger partial charge is 0.238 e. The molecule has 0 atom stereocenters. The van der Waals surface area contributed by atoms with E-state index in [9.17, 15) is 13.2 Å². The highest BCUT2D eigenvalue weighted by Crippen LogP contribution is 2.36. The molecule has 0 radical (unpaired) electrons. The number of likely N-dealkylation sites (tertiary alicyclic amines) is 1. The fraction of sp³-hybridized carbons (Fsp3) is 0.562. The Labute approximate surface area is 141 Å². The van der Waals surface area contributed by atoms with Crippen LogP contribution in [0.3, 0.4) is 0 Å². The molecular weight excluding hydrogens is 336 g/mol. The summed E-state index contributed by atoms with van der Waals surface area (Å²) >= 11 is 5.77. The maximum absolute atomic E-state index is 12.4. The Morgan fingerprint density at radius 3 is 2.39 bits per heavy atom. The van der Waals surface area contributed by atoms with Gasteiger partial charge in [-0.1, -0.05) is 11.6 Å². The van der Waals surface area contributed by atoms with Crippen LogP contribution in [-0.2, 0) is 14.6 Å². The van der Waals surface area contributed by atoms with E-state index in [2.05, 4.69) is 5.32 Å². The van der Waals surface area contributed by atoms with Gasteiger partial charge in [-0.05, 0) is 55.5 Å². The Balaban J connectivity index is 1.62. The number of rotatable bonds is 3. The highest BCUT2D eigenvalue weighted by atomic mass is 35.5. The van der Waals surface area contributed by atoms with E-state index in [0.29, 0.717) is 23.5 Å². The number of hydrogen-bond acceptors (Lipinski definition) is 4. The predicted octanol–water partition coefficient (Wildman–Crippen LogP) is 1.72. The molecule has 3 rings (SSSR count). The molecule has 2 heterocycles. The summed E-state index contributed by atoms with van der Waals surface area (Å²) in [6.45, 7) is 3.35. The number of nitrogens with zero attached hydrogens (tertiary/aromatic N) is 1. The molecule has 23 heavy (non-hydrogen) atoms. The van der Waals surface area contributed by atoms with Gasteiger partial charge in [0, 0.05) is 24.7 Å². The minimum absolute atomic E-state index is 0.142. The molecule has 1 spiro atoms. The third-order valence-electron chi connectivity index (χ3n) is 5.00. The van der Waals surface area contributed by atoms with Crippen molar-refractivity contribution >= 4 is 27.3 Å². The van der Waals surface area contributed by atoms with E-state index in [1.54, 1.807) is 4.90 Å². The van der Waals surface area contributed by atoms with Gasteiger partial charge in [-0.2, -0.15) is 0 Å². The summed E-state index contributed by atoms with van der Waals surface area (Å²) in [5, 5.41) is 3.85. The first-order valence-electron chi connectivity index (χ1n) is 7.87. The van der Waals surface area contributed by atoms with Gasteiger partial charge in [0.25, 0.3) is 0 Å². The summed E-state index contributed by atoms with van der Waals surface area (Å²) in [6.07, 6.45) is 3.05. The van der Waals surface area contributed by atoms with Gasteiger partial charge in [-0.3, -0.25) is 4.79 Å². The molecule has 7 heteroatoms. The van der Waals surface area contributed by atoms with Crippen LogP contribution >= 0.6 is 11.6 Å². The molecule has 1 amide bonds. The Bertz CT molecular complexity index is 672. The lowest BCUT2D eigenvalue weighted by atomic mass is 9.78. The van der Waals surface area contributed by atoms with E-state index in [0.717, 1.165) is 32.4 Å². The van der Waals surface area contributed by atoms with Crippen molar-refractivity contribution < 1.29 is 13.2 Å². The lowest BCUT2D eigenvalue weighted by Gasteiger charge is -2.38. The highest BCUT2D eigenvalue weighted by Gasteiger charge is 2.38. The second kappa shape index (κ2) is 6.42. The van der Waals surface area contributed by atoms with Crippen molar-refractivity contribution in [1.29, 1.82) is 0 Å². The van der Waals surface area contributed by atoms with Crippen LogP contribution in [0.1, 0.15) is 19.3 Å². The van der Waals surface area contributed by atoms with Crippen molar-refractivity contribution in [3.63, 3.8) is 0 Å². The van der Waals surface area contributed by atoms with Crippen molar-refractivity contribution in [1.82, 2.24) is 10.2 Å². The van der Waals surface area contributed by atoms with Crippen LogP contribution in [0.4, 0.5) is 0 Å². The lowest BCUT2D eigenvalue weighted by Crippen LogP contribution is -2.45. The van der Waals surface area contributed by atoms with Gasteiger partial charge in [0.05, 0.1) is 4.90 Å². The number of carbonyl (C=O) groups excluding carboxylic acids is 1. The zero-order valence-electron chi connectivity index (χ0n) is 12.9. The Morgan fingerprint density at radius 1 is 1.17 bits per heavy atom. The molecule has 0 unspecified atom stereocenters. The van der Waals surface area contributed by atoms with E-state index in [1.807, 2.05) is 0 Å². The largest absolute Gasteiger partial charge is 0.342 e. The molecular formula is C16H21ClN2O3S. The van der Waals surface area contributed by atoms with Crippen molar-refractivity contribution in [2.75, 3.05) is 31.9 Å². The molecule has 2 aliphatic rings. The van der Waals surface area contributed by atoms with Crippen molar-refractivity contribution in [3.8, 4) is 0 Å². The van der Waals surface area contributed by atoms with Crippen molar-refractivity contribution in [2.45, 2.75) is 24.2 Å². The Kier molecular flexibility index (Phi) is 4.67. The first-order chi connectivity index (χ1) is 10.9. The number of carbonyl (C=O) groups is 1. The molecule has 5 nitrogen and oxygen atoms in total. The highest BCUT2D eigenvalue weighted by molar-refractivity contribution is 7.92. The lowest BCUT2D eigenvalue weighted by molar-refractivity contribution is -0.130. The molecule has 1 aromatic carbocycles. The number of sulfone groups is 1. The SMILES string of the molecule is O=C(CS(=O)(=O)c1ccc(Cl)cc1)N1CCC2(CCNC2)CC1.